The molecule has 1 amide bonds. The number of likely N-dealkylation sites (tertiary alicyclic amines) is 1. The highest BCUT2D eigenvalue weighted by molar-refractivity contribution is 7.90. The predicted octanol–water partition coefficient (Wildman–Crippen LogP) is 3.38. The van der Waals surface area contributed by atoms with Gasteiger partial charge in [0.25, 0.3) is 10.0 Å². The van der Waals surface area contributed by atoms with Crippen molar-refractivity contribution in [3.8, 4) is 11.8 Å². The summed E-state index contributed by atoms with van der Waals surface area (Å²) in [5.74, 6) is 0.474. The number of nitriles is 1. The van der Waals surface area contributed by atoms with Crippen LogP contribution in [0.3, 0.4) is 0 Å². The van der Waals surface area contributed by atoms with E-state index in [9.17, 15) is 23.3 Å². The quantitative estimate of drug-likeness (QED) is 0.269. The highest BCUT2D eigenvalue weighted by Gasteiger charge is 2.37. The van der Waals surface area contributed by atoms with E-state index in [0.717, 1.165) is 43.1 Å². The second-order valence-electron chi connectivity index (χ2n) is 12.6. The first kappa shape index (κ1) is 32.5. The molecule has 0 radical (unpaired) electrons. The van der Waals surface area contributed by atoms with Gasteiger partial charge in [-0.3, -0.25) is 14.3 Å². The van der Waals surface area contributed by atoms with Crippen molar-refractivity contribution in [2.24, 2.45) is 5.92 Å². The average Bonchev–Trinajstić information content (AvgIpc) is 3.67. The highest BCUT2D eigenvalue weighted by atomic mass is 32.2. The molecular weight excluding hydrogens is 616 g/mol. The first-order chi connectivity index (χ1) is 22.6. The molecule has 2 aliphatic rings. The number of hydrogen-bond donors (Lipinski definition) is 0. The molecule has 2 fully saturated rings. The van der Waals surface area contributed by atoms with Gasteiger partial charge in [-0.2, -0.15) is 9.23 Å². The molecule has 1 unspecified atom stereocenters. The van der Waals surface area contributed by atoms with Crippen molar-refractivity contribution < 1.29 is 17.9 Å². The minimum atomic E-state index is -4.40. The van der Waals surface area contributed by atoms with Crippen molar-refractivity contribution in [1.82, 2.24) is 23.2 Å². The van der Waals surface area contributed by atoms with Gasteiger partial charge in [0.15, 0.2) is 0 Å². The van der Waals surface area contributed by atoms with Gasteiger partial charge in [-0.15, -0.1) is 0 Å². The van der Waals surface area contributed by atoms with Gasteiger partial charge in [-0.25, -0.2) is 13.2 Å². The lowest BCUT2D eigenvalue weighted by atomic mass is 10.0. The molecule has 3 aromatic carbocycles. The molecule has 2 aliphatic heterocycles. The maximum atomic E-state index is 14.6. The molecule has 11 nitrogen and oxygen atoms in total. The van der Waals surface area contributed by atoms with Crippen molar-refractivity contribution >= 4 is 27.0 Å². The number of hydrogen-bond acceptors (Lipinski definition) is 8. The SMILES string of the molecule is COc1ccc(S(=O)(=O)n2c(=O)n(C(C(=O)N3CC[C@@H](CN4CCN(C(C)C)CC4)C3)c3ccccc3)c3cc(C#N)ccc32)cc1. The summed E-state index contributed by atoms with van der Waals surface area (Å²) in [7, 11) is -2.93. The van der Waals surface area contributed by atoms with Crippen LogP contribution in [0.4, 0.5) is 0 Å². The highest BCUT2D eigenvalue weighted by Crippen LogP contribution is 2.30. The van der Waals surface area contributed by atoms with Gasteiger partial charge in [0, 0.05) is 51.9 Å². The van der Waals surface area contributed by atoms with Crippen LogP contribution in [0.1, 0.15) is 37.4 Å². The van der Waals surface area contributed by atoms with E-state index in [2.05, 4.69) is 29.7 Å². The fourth-order valence-electron chi connectivity index (χ4n) is 6.82. The Morgan fingerprint density at radius 3 is 2.30 bits per heavy atom. The number of ether oxygens (including phenoxy) is 1. The standard InChI is InChI=1S/C35H40N6O5S/c1-25(2)38-19-17-37(18-20-38)23-27-15-16-39(24-27)34(42)33(28-7-5-4-6-8-28)40-32-21-26(22-36)9-14-31(32)41(35(40)43)47(44,45)30-12-10-29(46-3)11-13-30/h4-14,21,25,27,33H,15-20,23-24H2,1-3H3/t27-,33?/m0/s1. The minimum absolute atomic E-state index is 0.0818. The van der Waals surface area contributed by atoms with Crippen molar-refractivity contribution in [3.05, 3.63) is 94.4 Å². The van der Waals surface area contributed by atoms with Crippen LogP contribution >= 0.6 is 0 Å². The van der Waals surface area contributed by atoms with Gasteiger partial charge in [0.05, 0.1) is 34.7 Å². The number of carbonyl (C=O) groups is 1. The first-order valence-corrected chi connectivity index (χ1v) is 17.4. The average molecular weight is 657 g/mol. The summed E-state index contributed by atoms with van der Waals surface area (Å²) in [4.78, 5) is 35.6. The zero-order valence-corrected chi connectivity index (χ0v) is 27.8. The molecule has 2 atom stereocenters. The zero-order valence-electron chi connectivity index (χ0n) is 26.9. The minimum Gasteiger partial charge on any atom is -0.497 e. The number of nitrogens with zero attached hydrogens (tertiary/aromatic N) is 6. The monoisotopic (exact) mass is 656 g/mol. The van der Waals surface area contributed by atoms with Crippen molar-refractivity contribution in [1.29, 1.82) is 5.26 Å². The molecule has 246 valence electrons. The van der Waals surface area contributed by atoms with Crippen LogP contribution in [0.2, 0.25) is 0 Å². The van der Waals surface area contributed by atoms with Crippen molar-refractivity contribution in [2.75, 3.05) is 52.9 Å². The van der Waals surface area contributed by atoms with E-state index in [0.29, 0.717) is 36.4 Å². The Morgan fingerprint density at radius 2 is 1.66 bits per heavy atom. The van der Waals surface area contributed by atoms with Gasteiger partial charge in [-0.05, 0) is 74.2 Å². The third-order valence-electron chi connectivity index (χ3n) is 9.42. The predicted molar refractivity (Wildman–Crippen MR) is 179 cm³/mol. The fraction of sp³-hybridized carbons (Fsp3) is 0.400. The van der Waals surface area contributed by atoms with Crippen LogP contribution in [0.5, 0.6) is 5.75 Å². The van der Waals surface area contributed by atoms with Gasteiger partial charge >= 0.3 is 5.69 Å². The summed E-state index contributed by atoms with van der Waals surface area (Å²) >= 11 is 0. The Labute approximate surface area is 275 Å². The molecule has 0 bridgehead atoms. The van der Waals surface area contributed by atoms with Gasteiger partial charge in [0.1, 0.15) is 11.8 Å². The number of imidazole rings is 1. The second-order valence-corrected chi connectivity index (χ2v) is 14.4. The van der Waals surface area contributed by atoms with E-state index in [1.807, 2.05) is 6.07 Å². The Kier molecular flexibility index (Phi) is 9.23. The Hall–Kier alpha value is -4.44. The topological polar surface area (TPSA) is 121 Å². The third kappa shape index (κ3) is 6.31. The summed E-state index contributed by atoms with van der Waals surface area (Å²) < 4.78 is 35.3. The number of carbonyl (C=O) groups excluding carboxylic acids is 1. The first-order valence-electron chi connectivity index (χ1n) is 16.0. The van der Waals surface area contributed by atoms with Crippen LogP contribution in [-0.2, 0) is 14.8 Å². The van der Waals surface area contributed by atoms with E-state index in [1.165, 1.54) is 54.1 Å². The van der Waals surface area contributed by atoms with E-state index in [4.69, 9.17) is 4.74 Å². The number of fused-ring (bicyclic) bond motifs is 1. The molecule has 1 aromatic heterocycles. The van der Waals surface area contributed by atoms with Gasteiger partial charge < -0.3 is 14.5 Å². The third-order valence-corrected chi connectivity index (χ3v) is 11.1. The van der Waals surface area contributed by atoms with E-state index < -0.39 is 21.8 Å². The molecule has 4 aromatic rings. The number of rotatable bonds is 9. The lowest BCUT2D eigenvalue weighted by Crippen LogP contribution is -2.50. The number of aromatic nitrogens is 2. The molecule has 12 heteroatoms. The zero-order chi connectivity index (χ0) is 33.3. The van der Waals surface area contributed by atoms with Crippen LogP contribution < -0.4 is 10.4 Å². The van der Waals surface area contributed by atoms with Crippen LogP contribution in [0, 0.1) is 17.2 Å². The number of amides is 1. The van der Waals surface area contributed by atoms with Crippen LogP contribution in [-0.4, -0.2) is 96.5 Å². The van der Waals surface area contributed by atoms with E-state index >= 15 is 0 Å². The van der Waals surface area contributed by atoms with Crippen LogP contribution in [0.15, 0.2) is 82.5 Å². The van der Waals surface area contributed by atoms with Gasteiger partial charge in [0.2, 0.25) is 5.91 Å². The van der Waals surface area contributed by atoms with Crippen molar-refractivity contribution in [2.45, 2.75) is 37.2 Å². The molecule has 0 saturated carbocycles. The number of piperazine rings is 1. The summed E-state index contributed by atoms with van der Waals surface area (Å²) in [6.07, 6.45) is 0.846. The number of benzene rings is 3. The summed E-state index contributed by atoms with van der Waals surface area (Å²) in [6, 6.07) is 20.6. The summed E-state index contributed by atoms with van der Waals surface area (Å²) in [6.45, 7) is 10.5. The molecule has 6 rings (SSSR count). The van der Waals surface area contributed by atoms with Gasteiger partial charge in [-0.1, -0.05) is 30.3 Å². The van der Waals surface area contributed by atoms with E-state index in [-0.39, 0.29) is 27.4 Å². The largest absolute Gasteiger partial charge is 0.497 e. The van der Waals surface area contributed by atoms with Crippen molar-refractivity contribution in [3.63, 3.8) is 0 Å². The maximum Gasteiger partial charge on any atom is 0.344 e. The van der Waals surface area contributed by atoms with E-state index in [1.54, 1.807) is 29.2 Å². The molecule has 2 saturated heterocycles. The lowest BCUT2D eigenvalue weighted by molar-refractivity contribution is -0.132. The molecule has 3 heterocycles. The summed E-state index contributed by atoms with van der Waals surface area (Å²) in [5, 5.41) is 9.74. The molecule has 0 spiro atoms. The Morgan fingerprint density at radius 1 is 0.957 bits per heavy atom. The number of methoxy groups -OCH3 is 1. The second kappa shape index (κ2) is 13.4. The Balaban J connectivity index is 1.39. The molecular formula is C35H40N6O5S. The summed E-state index contributed by atoms with van der Waals surface area (Å²) in [5.41, 5.74) is 0.178. The van der Waals surface area contributed by atoms with Crippen LogP contribution in [0.25, 0.3) is 11.0 Å². The smallest absolute Gasteiger partial charge is 0.344 e. The molecule has 47 heavy (non-hydrogen) atoms. The normalized spacial score (nSPS) is 18.4. The Bertz CT molecular complexity index is 1960. The molecule has 0 aliphatic carbocycles. The molecule has 0 N–H and O–H groups in total. The maximum absolute atomic E-state index is 14.6. The fourth-order valence-corrected chi connectivity index (χ4v) is 8.21. The lowest BCUT2D eigenvalue weighted by Gasteiger charge is -2.37.